The Kier molecular flexibility index (Phi) is 8.10. The van der Waals surface area contributed by atoms with Gasteiger partial charge in [-0.25, -0.2) is 0 Å². The number of halogens is 2. The summed E-state index contributed by atoms with van der Waals surface area (Å²) in [6.45, 7) is 1.94. The summed E-state index contributed by atoms with van der Waals surface area (Å²) in [5.74, 6) is -1.42. The number of aromatic carboxylic acids is 1. The zero-order valence-corrected chi connectivity index (χ0v) is 20.1. The number of carbonyl (C=O) groups is 2. The van der Waals surface area contributed by atoms with E-state index in [1.807, 2.05) is 17.6 Å². The van der Waals surface area contributed by atoms with Crippen LogP contribution >= 0.6 is 12.4 Å². The molecule has 3 aromatic rings. The minimum atomic E-state index is -1.03. The summed E-state index contributed by atoms with van der Waals surface area (Å²) in [4.78, 5) is 25.5. The van der Waals surface area contributed by atoms with E-state index in [1.54, 1.807) is 44.4 Å². The van der Waals surface area contributed by atoms with Gasteiger partial charge in [-0.05, 0) is 0 Å². The third-order valence-electron chi connectivity index (χ3n) is 5.00. The number of carboxylic acids is 1. The fraction of sp³-hybridized carbons (Fsp3) is 0.217. The maximum atomic E-state index is 14.4. The molecule has 0 saturated carbocycles. The van der Waals surface area contributed by atoms with Gasteiger partial charge in [0.1, 0.15) is 0 Å². The fourth-order valence-corrected chi connectivity index (χ4v) is 3.98. The van der Waals surface area contributed by atoms with Crippen LogP contribution in [0, 0.1) is 6.92 Å². The minimum Gasteiger partial charge on any atom is -0.147 e. The molecule has 1 N–H and O–H groups in total. The Labute approximate surface area is 195 Å². The van der Waals surface area contributed by atoms with Crippen molar-refractivity contribution in [2.75, 3.05) is 14.1 Å². The normalized spacial score (nSPS) is 11.3. The molecule has 0 fully saturated rings. The van der Waals surface area contributed by atoms with E-state index in [2.05, 4.69) is 16.9 Å². The Hall–Kier alpha value is -2.56. The fourth-order valence-electron chi connectivity index (χ4n) is 3.56. The summed E-state index contributed by atoms with van der Waals surface area (Å²) in [7, 11) is 3.37. The Morgan fingerprint density at radius 1 is 1.16 bits per heavy atom. The molecule has 0 aliphatic heterocycles. The van der Waals surface area contributed by atoms with Crippen LogP contribution in [0.1, 0.15) is 26.4 Å². The third-order valence-corrected chi connectivity index (χ3v) is 5.38. The van der Waals surface area contributed by atoms with Crippen LogP contribution < -0.4 is 0 Å². The van der Waals surface area contributed by atoms with Gasteiger partial charge in [-0.15, -0.1) is 12.4 Å². The molecule has 2 radical (unpaired) electrons. The summed E-state index contributed by atoms with van der Waals surface area (Å²) in [5.41, 5.74) is 3.80. The molecule has 0 aliphatic rings. The molecular formula is C23H23AsClFN2O3. The standard InChI is InChI=1S/C23H22AsFN2O3.ClH/c1-14-21(15-5-4-6-16(11-15)22(28)26(2)3)19-12-17(23(29)30)7-8-20(19)27(14)13-18(25)9-10-24;/h4-9,11-12H,10,13H2,1-3H3,(H,29,30);1H/b18-9-;. The number of carboxylic acid groups (broad SMARTS) is 1. The van der Waals surface area contributed by atoms with Crippen molar-refractivity contribution in [3.63, 3.8) is 0 Å². The first-order valence-corrected chi connectivity index (χ1v) is 10.7. The minimum absolute atomic E-state index is 0. The maximum Gasteiger partial charge on any atom is -0.147 e. The van der Waals surface area contributed by atoms with E-state index in [4.69, 9.17) is 0 Å². The second-order valence-corrected chi connectivity index (χ2v) is 7.96. The maximum absolute atomic E-state index is 14.4. The van der Waals surface area contributed by atoms with Gasteiger partial charge in [0.15, 0.2) is 0 Å². The van der Waals surface area contributed by atoms with Crippen molar-refractivity contribution in [3.05, 3.63) is 71.2 Å². The SMILES string of the molecule is Cc1c(-c2cccc(C(=O)N(C)C)c2)c2cc(C(=O)O)ccc2n1C/C(F)=C/C[As].Cl. The van der Waals surface area contributed by atoms with Crippen molar-refractivity contribution in [1.29, 1.82) is 0 Å². The van der Waals surface area contributed by atoms with Gasteiger partial charge in [0.2, 0.25) is 0 Å². The average Bonchev–Trinajstić information content (AvgIpc) is 2.98. The summed E-state index contributed by atoms with van der Waals surface area (Å²) < 4.78 is 16.2. The number of rotatable bonds is 6. The van der Waals surface area contributed by atoms with Crippen LogP contribution in [0.5, 0.6) is 0 Å². The van der Waals surface area contributed by atoms with Gasteiger partial charge >= 0.3 is 169 Å². The molecule has 1 aromatic heterocycles. The molecule has 0 unspecified atom stereocenters. The molecule has 5 nitrogen and oxygen atoms in total. The smallest absolute Gasteiger partial charge is 0.147 e. The Bertz CT molecular complexity index is 1170. The Morgan fingerprint density at radius 2 is 1.87 bits per heavy atom. The van der Waals surface area contributed by atoms with Crippen molar-refractivity contribution in [2.45, 2.75) is 18.7 Å². The van der Waals surface area contributed by atoms with E-state index in [-0.39, 0.29) is 36.2 Å². The van der Waals surface area contributed by atoms with Crippen LogP contribution in [0.3, 0.4) is 0 Å². The monoisotopic (exact) mass is 504 g/mol. The first-order valence-electron chi connectivity index (χ1n) is 9.38. The molecule has 3 rings (SSSR count). The van der Waals surface area contributed by atoms with Gasteiger partial charge in [0, 0.05) is 14.1 Å². The van der Waals surface area contributed by atoms with Gasteiger partial charge in [-0.1, -0.05) is 0 Å². The second kappa shape index (κ2) is 10.2. The zero-order valence-electron chi connectivity index (χ0n) is 17.4. The van der Waals surface area contributed by atoms with Gasteiger partial charge in [0.25, 0.3) is 0 Å². The quantitative estimate of drug-likeness (QED) is 0.487. The van der Waals surface area contributed by atoms with Crippen molar-refractivity contribution in [2.24, 2.45) is 0 Å². The number of amides is 1. The zero-order chi connectivity index (χ0) is 22.0. The molecule has 0 aliphatic carbocycles. The molecule has 1 heterocycles. The molecule has 8 heteroatoms. The van der Waals surface area contributed by atoms with Gasteiger partial charge in [-0.2, -0.15) is 0 Å². The molecule has 2 aromatic carbocycles. The molecule has 1 amide bonds. The predicted octanol–water partition coefficient (Wildman–Crippen LogP) is 4.88. The molecule has 0 saturated heterocycles. The van der Waals surface area contributed by atoms with Crippen LogP contribution in [0.4, 0.5) is 4.39 Å². The molecule has 0 spiro atoms. The number of carbonyl (C=O) groups excluding carboxylic acids is 1. The number of hydrogen-bond donors (Lipinski definition) is 1. The number of nitrogens with zero attached hydrogens (tertiary/aromatic N) is 2. The van der Waals surface area contributed by atoms with E-state index in [1.165, 1.54) is 17.0 Å². The van der Waals surface area contributed by atoms with E-state index in [9.17, 15) is 19.1 Å². The molecule has 31 heavy (non-hydrogen) atoms. The number of hydrogen-bond acceptors (Lipinski definition) is 2. The molecule has 0 bridgehead atoms. The van der Waals surface area contributed by atoms with Crippen LogP contribution in [0.2, 0.25) is 5.21 Å². The van der Waals surface area contributed by atoms with Crippen molar-refractivity contribution >= 4 is 52.0 Å². The van der Waals surface area contributed by atoms with Crippen LogP contribution in [-0.4, -0.2) is 57.4 Å². The number of fused-ring (bicyclic) bond motifs is 1. The van der Waals surface area contributed by atoms with Crippen molar-refractivity contribution in [3.8, 4) is 11.1 Å². The van der Waals surface area contributed by atoms with E-state index in [0.29, 0.717) is 16.2 Å². The van der Waals surface area contributed by atoms with Crippen LogP contribution in [-0.2, 0) is 6.54 Å². The average molecular weight is 505 g/mol. The molecule has 162 valence electrons. The number of benzene rings is 2. The summed E-state index contributed by atoms with van der Waals surface area (Å²) in [6.07, 6.45) is 1.51. The second-order valence-electron chi connectivity index (χ2n) is 7.20. The third kappa shape index (κ3) is 5.03. The van der Waals surface area contributed by atoms with E-state index in [0.717, 1.165) is 22.3 Å². The van der Waals surface area contributed by atoms with E-state index >= 15 is 0 Å². The first-order chi connectivity index (χ1) is 14.2. The molecule has 0 atom stereocenters. The number of aromatic nitrogens is 1. The predicted molar refractivity (Wildman–Crippen MR) is 124 cm³/mol. The van der Waals surface area contributed by atoms with Crippen LogP contribution in [0.15, 0.2) is 54.4 Å². The largest absolute Gasteiger partial charge is 0.147 e. The summed E-state index contributed by atoms with van der Waals surface area (Å²) in [5, 5.41) is 10.7. The van der Waals surface area contributed by atoms with Crippen molar-refractivity contribution < 1.29 is 19.1 Å². The van der Waals surface area contributed by atoms with Gasteiger partial charge in [-0.3, -0.25) is 0 Å². The summed E-state index contributed by atoms with van der Waals surface area (Å²) >= 11 is 2.32. The Morgan fingerprint density at radius 3 is 2.48 bits per heavy atom. The topological polar surface area (TPSA) is 62.5 Å². The van der Waals surface area contributed by atoms with Gasteiger partial charge in [0.05, 0.1) is 0 Å². The van der Waals surface area contributed by atoms with Gasteiger partial charge < -0.3 is 0 Å². The molecular weight excluding hydrogens is 482 g/mol. The first kappa shape index (κ1) is 24.7. The Balaban J connectivity index is 0.00000341. The number of allylic oxidation sites excluding steroid dienone is 2. The van der Waals surface area contributed by atoms with Crippen LogP contribution in [0.25, 0.3) is 22.0 Å². The van der Waals surface area contributed by atoms with E-state index < -0.39 is 5.97 Å². The summed E-state index contributed by atoms with van der Waals surface area (Å²) in [6, 6.07) is 12.0. The van der Waals surface area contributed by atoms with Crippen molar-refractivity contribution in [1.82, 2.24) is 9.47 Å².